The molecule has 0 aliphatic carbocycles. The maximum absolute atomic E-state index is 12.2. The highest BCUT2D eigenvalue weighted by Crippen LogP contribution is 2.20. The average molecular weight is 316 g/mol. The Morgan fingerprint density at radius 1 is 1.39 bits per heavy atom. The van der Waals surface area contributed by atoms with Crippen LogP contribution in [0.25, 0.3) is 0 Å². The van der Waals surface area contributed by atoms with Crippen molar-refractivity contribution in [3.05, 3.63) is 53.5 Å². The van der Waals surface area contributed by atoms with Gasteiger partial charge in [0.05, 0.1) is 19.4 Å². The van der Waals surface area contributed by atoms with E-state index < -0.39 is 0 Å². The number of carbonyl (C=O) groups excluding carboxylic acids is 1. The molecule has 0 unspecified atom stereocenters. The second-order valence-electron chi connectivity index (χ2n) is 5.59. The Bertz CT molecular complexity index is 638. The fourth-order valence-electron chi connectivity index (χ4n) is 2.35. The summed E-state index contributed by atoms with van der Waals surface area (Å²) in [5, 5.41) is 2.93. The highest BCUT2D eigenvalue weighted by molar-refractivity contribution is 5.74. The van der Waals surface area contributed by atoms with Crippen LogP contribution in [0, 0.1) is 6.92 Å². The number of ether oxygens (including phenoxy) is 1. The van der Waals surface area contributed by atoms with Gasteiger partial charge in [0.1, 0.15) is 11.5 Å². The molecule has 0 bridgehead atoms. The minimum absolute atomic E-state index is 0.107. The van der Waals surface area contributed by atoms with Crippen LogP contribution >= 0.6 is 0 Å². The smallest absolute Gasteiger partial charge is 0.317 e. The summed E-state index contributed by atoms with van der Waals surface area (Å²) in [6, 6.07) is 9.56. The molecule has 1 atom stereocenters. The average Bonchev–Trinajstić information content (AvgIpc) is 3.09. The van der Waals surface area contributed by atoms with Crippen LogP contribution < -0.4 is 10.1 Å². The van der Waals surface area contributed by atoms with E-state index in [-0.39, 0.29) is 12.1 Å². The molecule has 0 fully saturated rings. The lowest BCUT2D eigenvalue weighted by atomic mass is 10.1. The molecule has 1 N–H and O–H groups in total. The Hall–Kier alpha value is -2.43. The van der Waals surface area contributed by atoms with Crippen LogP contribution in [0.5, 0.6) is 5.75 Å². The van der Waals surface area contributed by atoms with Crippen molar-refractivity contribution in [2.75, 3.05) is 20.7 Å². The number of urea groups is 1. The zero-order valence-corrected chi connectivity index (χ0v) is 14.1. The summed E-state index contributed by atoms with van der Waals surface area (Å²) in [6.07, 6.45) is 2.37. The van der Waals surface area contributed by atoms with E-state index in [4.69, 9.17) is 9.15 Å². The third kappa shape index (κ3) is 4.28. The van der Waals surface area contributed by atoms with Crippen molar-refractivity contribution in [2.24, 2.45) is 0 Å². The largest absolute Gasteiger partial charge is 0.496 e. The van der Waals surface area contributed by atoms with Crippen LogP contribution in [0.3, 0.4) is 0 Å². The molecule has 1 aromatic carbocycles. The number of furan rings is 1. The summed E-state index contributed by atoms with van der Waals surface area (Å²) in [5.41, 5.74) is 2.24. The first-order valence-corrected chi connectivity index (χ1v) is 7.70. The number of aryl methyl sites for hydroxylation is 1. The van der Waals surface area contributed by atoms with E-state index >= 15 is 0 Å². The van der Waals surface area contributed by atoms with E-state index in [2.05, 4.69) is 11.4 Å². The van der Waals surface area contributed by atoms with Crippen LogP contribution in [0.2, 0.25) is 0 Å². The number of carbonyl (C=O) groups is 1. The number of methoxy groups -OCH3 is 1. The summed E-state index contributed by atoms with van der Waals surface area (Å²) in [7, 11) is 3.43. The molecular weight excluding hydrogens is 292 g/mol. The number of benzene rings is 1. The first kappa shape index (κ1) is 16.9. The van der Waals surface area contributed by atoms with Crippen molar-refractivity contribution < 1.29 is 13.9 Å². The summed E-state index contributed by atoms with van der Waals surface area (Å²) in [5.74, 6) is 1.64. The number of hydrogen-bond acceptors (Lipinski definition) is 3. The number of nitrogens with zero attached hydrogens (tertiary/aromatic N) is 1. The van der Waals surface area contributed by atoms with Crippen molar-refractivity contribution in [1.82, 2.24) is 10.2 Å². The molecule has 23 heavy (non-hydrogen) atoms. The van der Waals surface area contributed by atoms with Gasteiger partial charge in [-0.05, 0) is 49.6 Å². The molecule has 2 rings (SSSR count). The molecular formula is C18H24N2O3. The van der Waals surface area contributed by atoms with Crippen LogP contribution in [0.15, 0.2) is 41.0 Å². The van der Waals surface area contributed by atoms with Crippen LogP contribution in [-0.2, 0) is 6.42 Å². The van der Waals surface area contributed by atoms with E-state index in [1.165, 1.54) is 0 Å². The third-order valence-corrected chi connectivity index (χ3v) is 4.02. The van der Waals surface area contributed by atoms with Gasteiger partial charge in [-0.25, -0.2) is 4.79 Å². The van der Waals surface area contributed by atoms with Gasteiger partial charge >= 0.3 is 6.03 Å². The van der Waals surface area contributed by atoms with Crippen molar-refractivity contribution in [3.63, 3.8) is 0 Å². The van der Waals surface area contributed by atoms with Gasteiger partial charge in [0, 0.05) is 13.6 Å². The Morgan fingerprint density at radius 3 is 2.83 bits per heavy atom. The van der Waals surface area contributed by atoms with E-state index in [9.17, 15) is 4.79 Å². The van der Waals surface area contributed by atoms with Crippen molar-refractivity contribution in [1.29, 1.82) is 0 Å². The van der Waals surface area contributed by atoms with Crippen molar-refractivity contribution >= 4 is 6.03 Å². The second kappa shape index (κ2) is 7.72. The van der Waals surface area contributed by atoms with Gasteiger partial charge in [-0.3, -0.25) is 0 Å². The normalized spacial score (nSPS) is 11.8. The highest BCUT2D eigenvalue weighted by atomic mass is 16.5. The fraction of sp³-hybridized carbons (Fsp3) is 0.389. The predicted molar refractivity (Wildman–Crippen MR) is 89.7 cm³/mol. The monoisotopic (exact) mass is 316 g/mol. The van der Waals surface area contributed by atoms with E-state index in [0.717, 1.165) is 29.1 Å². The molecule has 0 spiro atoms. The number of hydrogen-bond donors (Lipinski definition) is 1. The molecule has 5 nitrogen and oxygen atoms in total. The number of nitrogens with one attached hydrogen (secondary N) is 1. The van der Waals surface area contributed by atoms with Crippen LogP contribution in [-0.4, -0.2) is 31.6 Å². The molecule has 124 valence electrons. The van der Waals surface area contributed by atoms with Gasteiger partial charge in [0.25, 0.3) is 0 Å². The molecule has 1 aromatic heterocycles. The topological polar surface area (TPSA) is 54.7 Å². The maximum atomic E-state index is 12.2. The maximum Gasteiger partial charge on any atom is 0.317 e. The second-order valence-corrected chi connectivity index (χ2v) is 5.59. The Labute approximate surface area is 137 Å². The summed E-state index contributed by atoms with van der Waals surface area (Å²) >= 11 is 0. The highest BCUT2D eigenvalue weighted by Gasteiger charge is 2.18. The molecule has 0 aliphatic heterocycles. The SMILES string of the molecule is COc1cc(CCNC(=O)N(C)[C@@H](C)c2ccco2)ccc1C. The van der Waals surface area contributed by atoms with Gasteiger partial charge in [-0.1, -0.05) is 12.1 Å². The molecule has 5 heteroatoms. The summed E-state index contributed by atoms with van der Waals surface area (Å²) in [6.45, 7) is 4.51. The Balaban J connectivity index is 1.85. The van der Waals surface area contributed by atoms with Crippen LogP contribution in [0.1, 0.15) is 29.9 Å². The molecule has 2 amide bonds. The molecule has 0 aliphatic rings. The Morgan fingerprint density at radius 2 is 2.17 bits per heavy atom. The first-order valence-electron chi connectivity index (χ1n) is 7.70. The lowest BCUT2D eigenvalue weighted by Gasteiger charge is -2.23. The number of amides is 2. The zero-order chi connectivity index (χ0) is 16.8. The van der Waals surface area contributed by atoms with Gasteiger partial charge < -0.3 is 19.4 Å². The molecule has 0 radical (unpaired) electrons. The molecule has 1 heterocycles. The van der Waals surface area contributed by atoms with Crippen molar-refractivity contribution in [2.45, 2.75) is 26.3 Å². The van der Waals surface area contributed by atoms with Gasteiger partial charge in [-0.2, -0.15) is 0 Å². The number of rotatable bonds is 6. The third-order valence-electron chi connectivity index (χ3n) is 4.02. The van der Waals surface area contributed by atoms with Gasteiger partial charge in [0.2, 0.25) is 0 Å². The minimum atomic E-state index is -0.118. The molecule has 0 saturated heterocycles. The fourth-order valence-corrected chi connectivity index (χ4v) is 2.35. The van der Waals surface area contributed by atoms with Gasteiger partial charge in [0.15, 0.2) is 0 Å². The predicted octanol–water partition coefficient (Wildman–Crippen LogP) is 3.54. The molecule has 0 saturated carbocycles. The van der Waals surface area contributed by atoms with E-state index in [1.54, 1.807) is 25.3 Å². The minimum Gasteiger partial charge on any atom is -0.496 e. The van der Waals surface area contributed by atoms with E-state index in [0.29, 0.717) is 6.54 Å². The van der Waals surface area contributed by atoms with Crippen molar-refractivity contribution in [3.8, 4) is 5.75 Å². The lowest BCUT2D eigenvalue weighted by Crippen LogP contribution is -2.39. The summed E-state index contributed by atoms with van der Waals surface area (Å²) in [4.78, 5) is 13.8. The molecule has 2 aromatic rings. The van der Waals surface area contributed by atoms with E-state index in [1.807, 2.05) is 38.1 Å². The first-order chi connectivity index (χ1) is 11.0. The standard InChI is InChI=1S/C18H24N2O3/c1-13-7-8-15(12-17(13)22-4)9-10-19-18(21)20(3)14(2)16-6-5-11-23-16/h5-8,11-12,14H,9-10H2,1-4H3,(H,19,21)/t14-/m0/s1. The summed E-state index contributed by atoms with van der Waals surface area (Å²) < 4.78 is 10.7. The van der Waals surface area contributed by atoms with Gasteiger partial charge in [-0.15, -0.1) is 0 Å². The Kier molecular flexibility index (Phi) is 5.68. The lowest BCUT2D eigenvalue weighted by molar-refractivity contribution is 0.187. The van der Waals surface area contributed by atoms with Crippen LogP contribution in [0.4, 0.5) is 4.79 Å². The zero-order valence-electron chi connectivity index (χ0n) is 14.1. The quantitative estimate of drug-likeness (QED) is 0.887.